The minimum atomic E-state index is -0.349. The normalized spacial score (nSPS) is 25.9. The van der Waals surface area contributed by atoms with E-state index in [4.69, 9.17) is 0 Å². The number of nitrogens with one attached hydrogen (secondary N) is 1. The predicted octanol–water partition coefficient (Wildman–Crippen LogP) is 1.49. The summed E-state index contributed by atoms with van der Waals surface area (Å²) in [5.74, 6) is 0.400. The lowest BCUT2D eigenvalue weighted by Gasteiger charge is -2.39. The second-order valence-corrected chi connectivity index (χ2v) is 5.96. The van der Waals surface area contributed by atoms with E-state index in [0.717, 1.165) is 24.8 Å². The molecule has 0 aromatic carbocycles. The van der Waals surface area contributed by atoms with Gasteiger partial charge in [-0.25, -0.2) is 0 Å². The second-order valence-electron chi connectivity index (χ2n) is 5.96. The molecule has 0 radical (unpaired) electrons. The number of nitrogens with zero attached hydrogens (tertiary/aromatic N) is 2. The maximum absolute atomic E-state index is 12.7. The van der Waals surface area contributed by atoms with Crippen LogP contribution in [0.5, 0.6) is 0 Å². The van der Waals surface area contributed by atoms with Gasteiger partial charge in [-0.3, -0.25) is 14.6 Å². The number of pyridine rings is 1. The van der Waals surface area contributed by atoms with Crippen LogP contribution in [0.1, 0.15) is 38.2 Å². The first-order valence-corrected chi connectivity index (χ1v) is 7.70. The molecule has 1 aromatic rings. The maximum atomic E-state index is 12.7. The van der Waals surface area contributed by atoms with Crippen molar-refractivity contribution in [1.82, 2.24) is 15.2 Å². The van der Waals surface area contributed by atoms with Crippen molar-refractivity contribution < 1.29 is 9.59 Å². The van der Waals surface area contributed by atoms with Crippen molar-refractivity contribution >= 4 is 11.8 Å². The molecule has 1 aliphatic carbocycles. The van der Waals surface area contributed by atoms with E-state index in [1.54, 1.807) is 17.3 Å². The lowest BCUT2D eigenvalue weighted by molar-refractivity contribution is -0.151. The number of carbonyl (C=O) groups excluding carboxylic acids is 2. The van der Waals surface area contributed by atoms with Gasteiger partial charge in [0.1, 0.15) is 12.1 Å². The largest absolute Gasteiger partial charge is 0.342 e. The minimum absolute atomic E-state index is 0.00256. The molecule has 2 unspecified atom stereocenters. The van der Waals surface area contributed by atoms with Gasteiger partial charge in [0.05, 0.1) is 0 Å². The van der Waals surface area contributed by atoms with Crippen molar-refractivity contribution in [2.45, 2.75) is 51.2 Å². The molecule has 2 atom stereocenters. The molecule has 21 heavy (non-hydrogen) atoms. The van der Waals surface area contributed by atoms with Gasteiger partial charge < -0.3 is 10.2 Å². The van der Waals surface area contributed by atoms with Gasteiger partial charge in [0.2, 0.25) is 11.8 Å². The first-order valence-electron chi connectivity index (χ1n) is 7.70. The van der Waals surface area contributed by atoms with Gasteiger partial charge in [-0.05, 0) is 36.8 Å². The third kappa shape index (κ3) is 2.91. The van der Waals surface area contributed by atoms with Crippen LogP contribution < -0.4 is 5.32 Å². The number of rotatable bonds is 5. The van der Waals surface area contributed by atoms with Crippen LogP contribution in [0.3, 0.4) is 0 Å². The average Bonchev–Trinajstić information content (AvgIpc) is 3.32. The van der Waals surface area contributed by atoms with Crippen molar-refractivity contribution in [2.75, 3.05) is 0 Å². The van der Waals surface area contributed by atoms with E-state index >= 15 is 0 Å². The Hall–Kier alpha value is -1.91. The summed E-state index contributed by atoms with van der Waals surface area (Å²) < 4.78 is 0. The molecular weight excluding hydrogens is 266 g/mol. The Morgan fingerprint density at radius 1 is 1.38 bits per heavy atom. The molecule has 1 saturated heterocycles. The van der Waals surface area contributed by atoms with E-state index in [2.05, 4.69) is 10.3 Å². The Morgan fingerprint density at radius 2 is 2.19 bits per heavy atom. The van der Waals surface area contributed by atoms with E-state index in [-0.39, 0.29) is 23.9 Å². The molecule has 0 spiro atoms. The fourth-order valence-corrected chi connectivity index (χ4v) is 2.97. The van der Waals surface area contributed by atoms with Crippen LogP contribution in [0.2, 0.25) is 0 Å². The zero-order valence-corrected chi connectivity index (χ0v) is 12.3. The molecule has 1 aromatic heterocycles. The number of hydrogen-bond donors (Lipinski definition) is 1. The smallest absolute Gasteiger partial charge is 0.246 e. The Kier molecular flexibility index (Phi) is 3.90. The molecule has 2 heterocycles. The molecule has 2 aliphatic rings. The van der Waals surface area contributed by atoms with Gasteiger partial charge in [-0.1, -0.05) is 19.4 Å². The highest BCUT2D eigenvalue weighted by Gasteiger charge is 2.46. The van der Waals surface area contributed by atoms with Crippen LogP contribution in [0.15, 0.2) is 24.5 Å². The maximum Gasteiger partial charge on any atom is 0.246 e. The highest BCUT2D eigenvalue weighted by molar-refractivity contribution is 5.97. The molecule has 1 N–H and O–H groups in total. The van der Waals surface area contributed by atoms with Crippen molar-refractivity contribution in [3.05, 3.63) is 30.1 Å². The van der Waals surface area contributed by atoms with Crippen LogP contribution in [0, 0.1) is 5.92 Å². The zero-order chi connectivity index (χ0) is 14.8. The number of aromatic nitrogens is 1. The van der Waals surface area contributed by atoms with E-state index in [0.29, 0.717) is 18.9 Å². The number of amides is 2. The van der Waals surface area contributed by atoms with E-state index in [1.165, 1.54) is 0 Å². The molecule has 1 aliphatic heterocycles. The van der Waals surface area contributed by atoms with Crippen molar-refractivity contribution in [3.63, 3.8) is 0 Å². The van der Waals surface area contributed by atoms with Crippen LogP contribution in [0.4, 0.5) is 0 Å². The Balaban J connectivity index is 1.82. The van der Waals surface area contributed by atoms with Gasteiger partial charge in [0.15, 0.2) is 0 Å². The van der Waals surface area contributed by atoms with Crippen LogP contribution in [0.25, 0.3) is 0 Å². The Bertz CT molecular complexity index is 528. The number of carbonyl (C=O) groups is 2. The fraction of sp³-hybridized carbons (Fsp3) is 0.562. The van der Waals surface area contributed by atoms with Crippen molar-refractivity contribution in [1.29, 1.82) is 0 Å². The zero-order valence-electron chi connectivity index (χ0n) is 12.3. The van der Waals surface area contributed by atoms with Gasteiger partial charge in [-0.15, -0.1) is 0 Å². The fourth-order valence-electron chi connectivity index (χ4n) is 2.97. The summed E-state index contributed by atoms with van der Waals surface area (Å²) in [5.41, 5.74) is 0.969. The highest BCUT2D eigenvalue weighted by Crippen LogP contribution is 2.35. The topological polar surface area (TPSA) is 62.3 Å². The summed E-state index contributed by atoms with van der Waals surface area (Å²) in [7, 11) is 0. The summed E-state index contributed by atoms with van der Waals surface area (Å²) in [6.45, 7) is 2.50. The minimum Gasteiger partial charge on any atom is -0.342 e. The second kappa shape index (κ2) is 5.84. The van der Waals surface area contributed by atoms with Gasteiger partial charge in [0.25, 0.3) is 0 Å². The monoisotopic (exact) mass is 287 g/mol. The number of hydrogen-bond acceptors (Lipinski definition) is 3. The first kappa shape index (κ1) is 14.0. The molecular formula is C16H21N3O2. The van der Waals surface area contributed by atoms with Gasteiger partial charge in [-0.2, -0.15) is 0 Å². The summed E-state index contributed by atoms with van der Waals surface area (Å²) in [5, 5.41) is 2.93. The quantitative estimate of drug-likeness (QED) is 0.892. The van der Waals surface area contributed by atoms with Gasteiger partial charge in [0, 0.05) is 18.9 Å². The summed E-state index contributed by atoms with van der Waals surface area (Å²) >= 11 is 0. The van der Waals surface area contributed by atoms with Crippen LogP contribution in [-0.4, -0.2) is 33.8 Å². The molecule has 112 valence electrons. The molecule has 5 heteroatoms. The summed E-state index contributed by atoms with van der Waals surface area (Å²) in [6, 6.07) is 3.14. The first-order chi connectivity index (χ1) is 10.2. The average molecular weight is 287 g/mol. The summed E-state index contributed by atoms with van der Waals surface area (Å²) in [4.78, 5) is 30.9. The van der Waals surface area contributed by atoms with Crippen LogP contribution >= 0.6 is 0 Å². The number of piperazine rings is 1. The Labute approximate surface area is 124 Å². The Morgan fingerprint density at radius 3 is 2.81 bits per heavy atom. The van der Waals surface area contributed by atoms with E-state index in [9.17, 15) is 9.59 Å². The lowest BCUT2D eigenvalue weighted by Crippen LogP contribution is -2.63. The highest BCUT2D eigenvalue weighted by atomic mass is 16.2. The lowest BCUT2D eigenvalue weighted by atomic mass is 10.00. The molecule has 3 rings (SSSR count). The molecule has 2 amide bonds. The van der Waals surface area contributed by atoms with Crippen LogP contribution in [-0.2, 0) is 16.1 Å². The van der Waals surface area contributed by atoms with Gasteiger partial charge >= 0.3 is 0 Å². The molecule has 5 nitrogen and oxygen atoms in total. The van der Waals surface area contributed by atoms with E-state index in [1.807, 2.05) is 19.1 Å². The third-order valence-electron chi connectivity index (χ3n) is 4.26. The summed E-state index contributed by atoms with van der Waals surface area (Å²) in [6.07, 6.45) is 7.13. The molecule has 1 saturated carbocycles. The molecule has 2 fully saturated rings. The van der Waals surface area contributed by atoms with E-state index < -0.39 is 0 Å². The third-order valence-corrected chi connectivity index (χ3v) is 4.26. The van der Waals surface area contributed by atoms with Crippen molar-refractivity contribution in [2.24, 2.45) is 5.92 Å². The standard InChI is InChI=1S/C16H21N3O2/c1-2-4-13-15(20)18-14(12-6-7-12)16(21)19(13)10-11-5-3-8-17-9-11/h3,5,8-9,12-14H,2,4,6-7,10H2,1H3,(H,18,20). The van der Waals surface area contributed by atoms with Crippen molar-refractivity contribution in [3.8, 4) is 0 Å². The SMILES string of the molecule is CCCC1C(=O)NC(C2CC2)C(=O)N1Cc1cccnc1. The molecule has 0 bridgehead atoms. The predicted molar refractivity (Wildman–Crippen MR) is 78.1 cm³/mol.